The number of hydrogen-bond donors (Lipinski definition) is 1. The summed E-state index contributed by atoms with van der Waals surface area (Å²) in [5, 5.41) is 22.2. The van der Waals surface area contributed by atoms with E-state index in [2.05, 4.69) is 5.16 Å². The molecule has 0 fully saturated rings. The van der Waals surface area contributed by atoms with Gasteiger partial charge in [0.05, 0.1) is 10.6 Å². The van der Waals surface area contributed by atoms with Crippen molar-refractivity contribution in [2.45, 2.75) is 13.3 Å². The van der Waals surface area contributed by atoms with E-state index in [0.29, 0.717) is 0 Å². The van der Waals surface area contributed by atoms with E-state index in [-0.39, 0.29) is 24.4 Å². The number of hydrogen-bond acceptors (Lipinski definition) is 6. The second-order valence-corrected chi connectivity index (χ2v) is 3.55. The molecule has 1 aromatic rings. The molecule has 0 unspecified atom stereocenters. The van der Waals surface area contributed by atoms with Gasteiger partial charge in [0, 0.05) is 25.5 Å². The van der Waals surface area contributed by atoms with Gasteiger partial charge < -0.3 is 9.94 Å². The van der Waals surface area contributed by atoms with Gasteiger partial charge in [-0.15, -0.1) is 0 Å². The van der Waals surface area contributed by atoms with Gasteiger partial charge >= 0.3 is 5.97 Å². The number of carbonyl (C=O) groups excluding carboxylic acids is 1. The molecule has 1 aromatic carbocycles. The molecular weight excluding hydrogens is 240 g/mol. The van der Waals surface area contributed by atoms with Crippen LogP contribution in [0.2, 0.25) is 0 Å². The first-order chi connectivity index (χ1) is 8.52. The van der Waals surface area contributed by atoms with E-state index in [0.717, 1.165) is 5.56 Å². The van der Waals surface area contributed by atoms with Crippen LogP contribution in [0.3, 0.4) is 0 Å². The third kappa shape index (κ3) is 4.20. The summed E-state index contributed by atoms with van der Waals surface area (Å²) in [6, 6.07) is 5.82. The lowest BCUT2D eigenvalue weighted by atomic mass is 10.1. The second-order valence-electron chi connectivity index (χ2n) is 3.55. The average Bonchev–Trinajstić information content (AvgIpc) is 2.34. The van der Waals surface area contributed by atoms with Gasteiger partial charge in [-0.3, -0.25) is 14.9 Å². The van der Waals surface area contributed by atoms with Crippen molar-refractivity contribution in [2.75, 3.05) is 6.61 Å². The highest BCUT2D eigenvalue weighted by Gasteiger charge is 2.08. The molecule has 18 heavy (non-hydrogen) atoms. The lowest BCUT2D eigenvalue weighted by molar-refractivity contribution is -0.384. The highest BCUT2D eigenvalue weighted by molar-refractivity contribution is 5.88. The Bertz CT molecular complexity index is 467. The highest BCUT2D eigenvalue weighted by Crippen LogP contribution is 2.12. The Labute approximate surface area is 103 Å². The third-order valence-electron chi connectivity index (χ3n) is 2.14. The molecule has 1 N–H and O–H groups in total. The fraction of sp³-hybridized carbons (Fsp3) is 0.273. The van der Waals surface area contributed by atoms with Gasteiger partial charge in [-0.25, -0.2) is 0 Å². The molecule has 1 rings (SSSR count). The van der Waals surface area contributed by atoms with Crippen LogP contribution in [0.5, 0.6) is 0 Å². The molecule has 0 aliphatic heterocycles. The number of carbonyl (C=O) groups is 1. The van der Waals surface area contributed by atoms with E-state index in [1.807, 2.05) is 0 Å². The van der Waals surface area contributed by atoms with Crippen LogP contribution in [-0.4, -0.2) is 28.4 Å². The standard InChI is InChI=1S/C11H12N2O5/c1-8(14)18-7-10(12-15)6-9-2-4-11(5-3-9)13(16)17/h2-5,15H,6-7H2,1H3/b12-10-. The van der Waals surface area contributed by atoms with Crippen molar-refractivity contribution in [1.82, 2.24) is 0 Å². The van der Waals surface area contributed by atoms with Crippen LogP contribution < -0.4 is 0 Å². The molecule has 0 bridgehead atoms. The fourth-order valence-corrected chi connectivity index (χ4v) is 1.27. The first-order valence-electron chi connectivity index (χ1n) is 5.09. The number of oxime groups is 1. The lowest BCUT2D eigenvalue weighted by Crippen LogP contribution is -2.14. The van der Waals surface area contributed by atoms with E-state index in [4.69, 9.17) is 9.94 Å². The first kappa shape index (κ1) is 13.6. The summed E-state index contributed by atoms with van der Waals surface area (Å²) in [7, 11) is 0. The Hall–Kier alpha value is -2.44. The monoisotopic (exact) mass is 252 g/mol. The van der Waals surface area contributed by atoms with Gasteiger partial charge in [0.15, 0.2) is 0 Å². The maximum Gasteiger partial charge on any atom is 0.303 e. The number of non-ortho nitro benzene ring substituents is 1. The summed E-state index contributed by atoms with van der Waals surface area (Å²) >= 11 is 0. The zero-order valence-corrected chi connectivity index (χ0v) is 9.70. The number of nitro groups is 1. The minimum Gasteiger partial charge on any atom is -0.460 e. The summed E-state index contributed by atoms with van der Waals surface area (Å²) in [5.41, 5.74) is 0.973. The van der Waals surface area contributed by atoms with Crippen molar-refractivity contribution in [3.63, 3.8) is 0 Å². The van der Waals surface area contributed by atoms with Crippen LogP contribution in [0.15, 0.2) is 29.4 Å². The number of rotatable bonds is 5. The number of ether oxygens (including phenoxy) is 1. The van der Waals surface area contributed by atoms with Gasteiger partial charge in [-0.05, 0) is 5.56 Å². The Kier molecular flexibility index (Phi) is 4.79. The van der Waals surface area contributed by atoms with Crippen molar-refractivity contribution in [3.05, 3.63) is 39.9 Å². The molecule has 96 valence electrons. The largest absolute Gasteiger partial charge is 0.460 e. The van der Waals surface area contributed by atoms with Gasteiger partial charge in [-0.1, -0.05) is 17.3 Å². The maximum atomic E-state index is 10.6. The maximum absolute atomic E-state index is 10.6. The van der Waals surface area contributed by atoms with E-state index >= 15 is 0 Å². The molecule has 0 aliphatic rings. The van der Waals surface area contributed by atoms with E-state index < -0.39 is 10.9 Å². The molecule has 0 aromatic heterocycles. The molecule has 0 saturated carbocycles. The van der Waals surface area contributed by atoms with Crippen LogP contribution in [-0.2, 0) is 16.0 Å². The van der Waals surface area contributed by atoms with Crippen LogP contribution in [0.4, 0.5) is 5.69 Å². The Morgan fingerprint density at radius 1 is 1.44 bits per heavy atom. The van der Waals surface area contributed by atoms with E-state index in [1.165, 1.54) is 19.1 Å². The summed E-state index contributed by atoms with van der Waals surface area (Å²) in [5.74, 6) is -0.472. The summed E-state index contributed by atoms with van der Waals surface area (Å²) in [4.78, 5) is 20.6. The molecular formula is C11H12N2O5. The molecule has 0 radical (unpaired) electrons. The average molecular weight is 252 g/mol. The predicted octanol–water partition coefficient (Wildman–Crippen LogP) is 1.53. The van der Waals surface area contributed by atoms with Crippen LogP contribution in [0.25, 0.3) is 0 Å². The molecule has 0 heterocycles. The molecule has 0 atom stereocenters. The van der Waals surface area contributed by atoms with E-state index in [1.54, 1.807) is 12.1 Å². The minimum atomic E-state index is -0.496. The smallest absolute Gasteiger partial charge is 0.303 e. The minimum absolute atomic E-state index is 0.0128. The second kappa shape index (κ2) is 6.33. The molecule has 0 aliphatic carbocycles. The van der Waals surface area contributed by atoms with Crippen LogP contribution in [0, 0.1) is 10.1 Å². The molecule has 0 saturated heterocycles. The third-order valence-corrected chi connectivity index (χ3v) is 2.14. The van der Waals surface area contributed by atoms with Gasteiger partial charge in [0.1, 0.15) is 6.61 Å². The van der Waals surface area contributed by atoms with Crippen molar-refractivity contribution < 1.29 is 19.7 Å². The summed E-state index contributed by atoms with van der Waals surface area (Å²) < 4.78 is 4.69. The summed E-state index contributed by atoms with van der Waals surface area (Å²) in [6.45, 7) is 1.14. The van der Waals surface area contributed by atoms with Crippen molar-refractivity contribution in [2.24, 2.45) is 5.16 Å². The van der Waals surface area contributed by atoms with Gasteiger partial charge in [-0.2, -0.15) is 0 Å². The topological polar surface area (TPSA) is 102 Å². The van der Waals surface area contributed by atoms with Gasteiger partial charge in [0.2, 0.25) is 0 Å². The van der Waals surface area contributed by atoms with Gasteiger partial charge in [0.25, 0.3) is 5.69 Å². The number of esters is 1. The van der Waals surface area contributed by atoms with Crippen molar-refractivity contribution in [1.29, 1.82) is 0 Å². The summed E-state index contributed by atoms with van der Waals surface area (Å²) in [6.07, 6.45) is 0.252. The zero-order valence-electron chi connectivity index (χ0n) is 9.70. The quantitative estimate of drug-likeness (QED) is 0.281. The Morgan fingerprint density at radius 2 is 2.06 bits per heavy atom. The molecule has 0 amide bonds. The number of benzene rings is 1. The predicted molar refractivity (Wildman–Crippen MR) is 62.7 cm³/mol. The van der Waals surface area contributed by atoms with Crippen LogP contribution >= 0.6 is 0 Å². The molecule has 7 heteroatoms. The zero-order chi connectivity index (χ0) is 13.5. The SMILES string of the molecule is CC(=O)OC/C(Cc1ccc([N+](=O)[O-])cc1)=N\O. The first-order valence-corrected chi connectivity index (χ1v) is 5.09. The van der Waals surface area contributed by atoms with Crippen LogP contribution in [0.1, 0.15) is 12.5 Å². The molecule has 7 nitrogen and oxygen atoms in total. The normalized spacial score (nSPS) is 11.1. The molecule has 0 spiro atoms. The number of nitro benzene ring substituents is 1. The number of nitrogens with zero attached hydrogens (tertiary/aromatic N) is 2. The van der Waals surface area contributed by atoms with E-state index in [9.17, 15) is 14.9 Å². The Morgan fingerprint density at radius 3 is 2.50 bits per heavy atom. The Balaban J connectivity index is 2.65. The van der Waals surface area contributed by atoms with Crippen molar-refractivity contribution >= 4 is 17.4 Å². The van der Waals surface area contributed by atoms with Crippen molar-refractivity contribution in [3.8, 4) is 0 Å². The highest BCUT2D eigenvalue weighted by atomic mass is 16.6. The lowest BCUT2D eigenvalue weighted by Gasteiger charge is -2.04. The fourth-order valence-electron chi connectivity index (χ4n) is 1.27.